The van der Waals surface area contributed by atoms with Crippen LogP contribution < -0.4 is 5.73 Å². The smallest absolute Gasteiger partial charge is 0.0996 e. The molecule has 0 bridgehead atoms. The van der Waals surface area contributed by atoms with Crippen LogP contribution in [0.5, 0.6) is 0 Å². The van der Waals surface area contributed by atoms with Gasteiger partial charge in [0.25, 0.3) is 0 Å². The average molecular weight is 229 g/mol. The van der Waals surface area contributed by atoms with Gasteiger partial charge in [-0.25, -0.2) is 4.98 Å². The molecule has 0 unspecified atom stereocenters. The maximum Gasteiger partial charge on any atom is 0.0996 e. The van der Waals surface area contributed by atoms with Crippen LogP contribution in [0.3, 0.4) is 0 Å². The number of rotatable bonds is 2. The number of fused-ring (bicyclic) bond motifs is 1. The third-order valence-corrected chi connectivity index (χ3v) is 4.02. The Morgan fingerprint density at radius 1 is 1.35 bits per heavy atom. The Bertz CT molecular complexity index is 536. The second kappa shape index (κ2) is 4.15. The zero-order chi connectivity index (χ0) is 11.8. The van der Waals surface area contributed by atoms with Crippen molar-refractivity contribution in [2.45, 2.75) is 45.1 Å². The van der Waals surface area contributed by atoms with Crippen molar-refractivity contribution in [2.75, 3.05) is 0 Å². The van der Waals surface area contributed by atoms with E-state index in [0.717, 1.165) is 11.6 Å². The lowest BCUT2D eigenvalue weighted by molar-refractivity contribution is 0.716. The summed E-state index contributed by atoms with van der Waals surface area (Å²) in [4.78, 5) is 4.36. The standard InChI is InChI=1S/C14H19N3/c1-10-14(11-4-2-3-5-11)7-13-6-12(8-15)16-9-17(10)13/h6-7,9,11H,2-5,8,15H2,1H3. The van der Waals surface area contributed by atoms with Crippen LogP contribution in [0.25, 0.3) is 5.52 Å². The van der Waals surface area contributed by atoms with Crippen LogP contribution in [0.4, 0.5) is 0 Å². The van der Waals surface area contributed by atoms with E-state index in [2.05, 4.69) is 28.4 Å². The number of hydrogen-bond acceptors (Lipinski definition) is 2. The lowest BCUT2D eigenvalue weighted by Gasteiger charge is -2.08. The molecule has 2 N–H and O–H groups in total. The Hall–Kier alpha value is -1.35. The van der Waals surface area contributed by atoms with Crippen molar-refractivity contribution in [3.63, 3.8) is 0 Å². The van der Waals surface area contributed by atoms with Gasteiger partial charge in [0.1, 0.15) is 0 Å². The normalized spacial score (nSPS) is 17.1. The minimum atomic E-state index is 0.513. The molecule has 3 rings (SSSR count). The molecule has 2 aromatic heterocycles. The molecular formula is C14H19N3. The van der Waals surface area contributed by atoms with E-state index in [1.54, 1.807) is 0 Å². The highest BCUT2D eigenvalue weighted by Gasteiger charge is 2.21. The summed E-state index contributed by atoms with van der Waals surface area (Å²) >= 11 is 0. The van der Waals surface area contributed by atoms with Gasteiger partial charge in [-0.15, -0.1) is 0 Å². The summed E-state index contributed by atoms with van der Waals surface area (Å²) in [5.41, 5.74) is 10.7. The largest absolute Gasteiger partial charge is 0.325 e. The predicted octanol–water partition coefficient (Wildman–Crippen LogP) is 2.76. The summed E-state index contributed by atoms with van der Waals surface area (Å²) in [5, 5.41) is 0. The molecule has 0 amide bonds. The molecule has 0 radical (unpaired) electrons. The van der Waals surface area contributed by atoms with Gasteiger partial charge in [-0.05, 0) is 43.4 Å². The fourth-order valence-corrected chi connectivity index (χ4v) is 3.03. The van der Waals surface area contributed by atoms with Crippen LogP contribution in [-0.2, 0) is 6.54 Å². The highest BCUT2D eigenvalue weighted by Crippen LogP contribution is 2.36. The third kappa shape index (κ3) is 1.75. The van der Waals surface area contributed by atoms with Gasteiger partial charge < -0.3 is 10.1 Å². The maximum absolute atomic E-state index is 5.64. The minimum Gasteiger partial charge on any atom is -0.325 e. The van der Waals surface area contributed by atoms with Crippen molar-refractivity contribution >= 4 is 5.52 Å². The van der Waals surface area contributed by atoms with Crippen LogP contribution in [0.1, 0.15) is 48.6 Å². The van der Waals surface area contributed by atoms with Crippen LogP contribution >= 0.6 is 0 Å². The SMILES string of the molecule is Cc1c(C2CCCC2)cc2cc(CN)ncn12. The van der Waals surface area contributed by atoms with Crippen LogP contribution in [0.2, 0.25) is 0 Å². The third-order valence-electron chi connectivity index (χ3n) is 4.02. The van der Waals surface area contributed by atoms with Crippen molar-refractivity contribution in [3.8, 4) is 0 Å². The summed E-state index contributed by atoms with van der Waals surface area (Å²) in [7, 11) is 0. The zero-order valence-corrected chi connectivity index (χ0v) is 10.3. The van der Waals surface area contributed by atoms with E-state index in [-0.39, 0.29) is 0 Å². The predicted molar refractivity (Wildman–Crippen MR) is 69.0 cm³/mol. The van der Waals surface area contributed by atoms with Crippen LogP contribution in [0, 0.1) is 6.92 Å². The number of aromatic nitrogens is 2. The molecule has 0 aromatic carbocycles. The van der Waals surface area contributed by atoms with E-state index in [1.165, 1.54) is 42.5 Å². The van der Waals surface area contributed by atoms with Gasteiger partial charge in [0.05, 0.1) is 12.0 Å². The summed E-state index contributed by atoms with van der Waals surface area (Å²) in [6, 6.07) is 4.43. The molecule has 1 fully saturated rings. The highest BCUT2D eigenvalue weighted by molar-refractivity contribution is 5.54. The first-order chi connectivity index (χ1) is 8.29. The fraction of sp³-hybridized carbons (Fsp3) is 0.500. The fourth-order valence-electron chi connectivity index (χ4n) is 3.03. The molecule has 3 nitrogen and oxygen atoms in total. The molecule has 17 heavy (non-hydrogen) atoms. The summed E-state index contributed by atoms with van der Waals surface area (Å²) in [5.74, 6) is 0.760. The van der Waals surface area contributed by atoms with Gasteiger partial charge in [-0.2, -0.15) is 0 Å². The number of nitrogens with two attached hydrogens (primary N) is 1. The van der Waals surface area contributed by atoms with Gasteiger partial charge in [0, 0.05) is 17.8 Å². The second-order valence-electron chi connectivity index (χ2n) is 5.05. The molecule has 1 aliphatic rings. The Kier molecular flexibility index (Phi) is 2.63. The second-order valence-corrected chi connectivity index (χ2v) is 5.05. The first-order valence-electron chi connectivity index (χ1n) is 6.46. The topological polar surface area (TPSA) is 43.3 Å². The Morgan fingerprint density at radius 2 is 2.12 bits per heavy atom. The quantitative estimate of drug-likeness (QED) is 0.860. The Morgan fingerprint density at radius 3 is 2.82 bits per heavy atom. The Labute approximate surface area is 102 Å². The van der Waals surface area contributed by atoms with Gasteiger partial charge >= 0.3 is 0 Å². The molecule has 90 valence electrons. The first kappa shape index (κ1) is 10.8. The maximum atomic E-state index is 5.64. The van der Waals surface area contributed by atoms with E-state index in [1.807, 2.05) is 6.33 Å². The van der Waals surface area contributed by atoms with Gasteiger partial charge in [-0.3, -0.25) is 0 Å². The molecule has 0 saturated heterocycles. The molecule has 0 spiro atoms. The van der Waals surface area contributed by atoms with Crippen molar-refractivity contribution in [1.82, 2.24) is 9.38 Å². The molecule has 3 heteroatoms. The van der Waals surface area contributed by atoms with Gasteiger partial charge in [0.2, 0.25) is 0 Å². The van der Waals surface area contributed by atoms with E-state index < -0.39 is 0 Å². The monoisotopic (exact) mass is 229 g/mol. The van der Waals surface area contributed by atoms with Gasteiger partial charge in [-0.1, -0.05) is 12.8 Å². The van der Waals surface area contributed by atoms with Crippen molar-refractivity contribution < 1.29 is 0 Å². The molecular weight excluding hydrogens is 210 g/mol. The van der Waals surface area contributed by atoms with Gasteiger partial charge in [0.15, 0.2) is 0 Å². The summed E-state index contributed by atoms with van der Waals surface area (Å²) < 4.78 is 2.19. The number of aryl methyl sites for hydroxylation is 1. The lowest BCUT2D eigenvalue weighted by atomic mass is 9.98. The average Bonchev–Trinajstić information content (AvgIpc) is 2.97. The first-order valence-corrected chi connectivity index (χ1v) is 6.46. The molecule has 2 aromatic rings. The molecule has 0 atom stereocenters. The van der Waals surface area contributed by atoms with E-state index in [0.29, 0.717) is 6.54 Å². The van der Waals surface area contributed by atoms with Crippen molar-refractivity contribution in [3.05, 3.63) is 35.4 Å². The Balaban J connectivity index is 2.10. The molecule has 2 heterocycles. The van der Waals surface area contributed by atoms with E-state index >= 15 is 0 Å². The van der Waals surface area contributed by atoms with E-state index in [9.17, 15) is 0 Å². The van der Waals surface area contributed by atoms with Crippen LogP contribution in [-0.4, -0.2) is 9.38 Å². The summed E-state index contributed by atoms with van der Waals surface area (Å²) in [6.45, 7) is 2.71. The van der Waals surface area contributed by atoms with Crippen molar-refractivity contribution in [1.29, 1.82) is 0 Å². The zero-order valence-electron chi connectivity index (χ0n) is 10.3. The number of nitrogens with zero attached hydrogens (tertiary/aromatic N) is 2. The number of hydrogen-bond donors (Lipinski definition) is 1. The lowest BCUT2D eigenvalue weighted by Crippen LogP contribution is -2.01. The van der Waals surface area contributed by atoms with Crippen molar-refractivity contribution in [2.24, 2.45) is 5.73 Å². The highest BCUT2D eigenvalue weighted by atomic mass is 15.0. The van der Waals surface area contributed by atoms with Crippen LogP contribution in [0.15, 0.2) is 18.5 Å². The molecule has 1 saturated carbocycles. The summed E-state index contributed by atoms with van der Waals surface area (Å²) in [6.07, 6.45) is 7.35. The minimum absolute atomic E-state index is 0.513. The molecule has 1 aliphatic carbocycles. The van der Waals surface area contributed by atoms with E-state index in [4.69, 9.17) is 5.73 Å². The molecule has 0 aliphatic heterocycles.